The van der Waals surface area contributed by atoms with Gasteiger partial charge >= 0.3 is 0 Å². The van der Waals surface area contributed by atoms with Gasteiger partial charge < -0.3 is 9.32 Å². The van der Waals surface area contributed by atoms with E-state index in [4.69, 9.17) is 19.4 Å². The average Bonchev–Trinajstić information content (AvgIpc) is 3.65. The van der Waals surface area contributed by atoms with Crippen LogP contribution in [0, 0.1) is 0 Å². The van der Waals surface area contributed by atoms with Crippen molar-refractivity contribution in [2.24, 2.45) is 0 Å². The van der Waals surface area contributed by atoms with Crippen LogP contribution >= 0.6 is 0 Å². The minimum Gasteiger partial charge on any atom is -0.456 e. The Morgan fingerprint density at radius 3 is 1.43 bits per heavy atom. The Balaban J connectivity index is 1.05. The molecule has 0 saturated carbocycles. The fraction of sp³-hybridized carbons (Fsp3) is 0. The summed E-state index contributed by atoms with van der Waals surface area (Å²) in [5.74, 6) is 1.87. The molecule has 0 fully saturated rings. The van der Waals surface area contributed by atoms with E-state index in [0.717, 1.165) is 66.8 Å². The molecule has 0 radical (unpaired) electrons. The lowest BCUT2D eigenvalue weighted by molar-refractivity contribution is 0.669. The highest BCUT2D eigenvalue weighted by atomic mass is 16.3. The highest BCUT2D eigenvalue weighted by Gasteiger charge is 2.19. The molecule has 5 nitrogen and oxygen atoms in total. The van der Waals surface area contributed by atoms with E-state index in [0.29, 0.717) is 17.5 Å². The normalized spacial score (nSPS) is 11.2. The monoisotopic (exact) mass is 718 g/mol. The summed E-state index contributed by atoms with van der Waals surface area (Å²) in [4.78, 5) is 17.2. The molecule has 56 heavy (non-hydrogen) atoms. The van der Waals surface area contributed by atoms with Crippen molar-refractivity contribution >= 4 is 39.0 Å². The van der Waals surface area contributed by atoms with Gasteiger partial charge in [0.2, 0.25) is 0 Å². The van der Waals surface area contributed by atoms with Gasteiger partial charge in [-0.15, -0.1) is 0 Å². The second-order valence-corrected chi connectivity index (χ2v) is 13.7. The molecule has 5 heteroatoms. The molecular formula is C51H34N4O. The van der Waals surface area contributed by atoms with E-state index in [1.165, 1.54) is 11.1 Å². The molecule has 8 aromatic carbocycles. The fourth-order valence-corrected chi connectivity index (χ4v) is 7.39. The zero-order valence-corrected chi connectivity index (χ0v) is 30.3. The Morgan fingerprint density at radius 1 is 0.304 bits per heavy atom. The zero-order valence-electron chi connectivity index (χ0n) is 30.3. The largest absolute Gasteiger partial charge is 0.456 e. The van der Waals surface area contributed by atoms with Crippen molar-refractivity contribution in [3.8, 4) is 56.4 Å². The Hall–Kier alpha value is -7.63. The van der Waals surface area contributed by atoms with Gasteiger partial charge in [0.05, 0.1) is 0 Å². The number of para-hydroxylation sites is 1. The molecule has 0 spiro atoms. The molecule has 0 aliphatic carbocycles. The van der Waals surface area contributed by atoms with Crippen LogP contribution in [-0.4, -0.2) is 15.0 Å². The third kappa shape index (κ3) is 6.27. The van der Waals surface area contributed by atoms with E-state index in [9.17, 15) is 0 Å². The Bertz CT molecular complexity index is 2890. The molecule has 2 aromatic heterocycles. The van der Waals surface area contributed by atoms with E-state index in [2.05, 4.69) is 132 Å². The minimum atomic E-state index is 0.612. The molecule has 2 heterocycles. The van der Waals surface area contributed by atoms with Crippen LogP contribution in [0.2, 0.25) is 0 Å². The van der Waals surface area contributed by atoms with Crippen LogP contribution in [0.1, 0.15) is 0 Å². The van der Waals surface area contributed by atoms with E-state index in [1.54, 1.807) is 0 Å². The number of furan rings is 1. The Kier molecular flexibility index (Phi) is 8.43. The smallest absolute Gasteiger partial charge is 0.164 e. The van der Waals surface area contributed by atoms with Crippen LogP contribution in [0.3, 0.4) is 0 Å². The predicted molar refractivity (Wildman–Crippen MR) is 229 cm³/mol. The number of nitrogens with zero attached hydrogens (tertiary/aromatic N) is 4. The molecule has 0 amide bonds. The first-order valence-corrected chi connectivity index (χ1v) is 18.7. The van der Waals surface area contributed by atoms with Crippen molar-refractivity contribution in [1.29, 1.82) is 0 Å². The summed E-state index contributed by atoms with van der Waals surface area (Å²) in [6.07, 6.45) is 0. The molecule has 0 unspecified atom stereocenters. The number of anilines is 3. The minimum absolute atomic E-state index is 0.612. The number of hydrogen-bond acceptors (Lipinski definition) is 5. The van der Waals surface area contributed by atoms with E-state index < -0.39 is 0 Å². The number of rotatable bonds is 8. The van der Waals surface area contributed by atoms with E-state index in [1.807, 2.05) is 78.9 Å². The van der Waals surface area contributed by atoms with Crippen molar-refractivity contribution < 1.29 is 4.42 Å². The van der Waals surface area contributed by atoms with Crippen LogP contribution in [-0.2, 0) is 0 Å². The van der Waals surface area contributed by atoms with Gasteiger partial charge in [-0.25, -0.2) is 15.0 Å². The van der Waals surface area contributed by atoms with E-state index in [-0.39, 0.29) is 0 Å². The number of benzene rings is 8. The molecule has 0 aliphatic rings. The average molecular weight is 719 g/mol. The van der Waals surface area contributed by atoms with Crippen molar-refractivity contribution in [1.82, 2.24) is 15.0 Å². The fourth-order valence-electron chi connectivity index (χ4n) is 7.39. The molecule has 0 N–H and O–H groups in total. The predicted octanol–water partition coefficient (Wildman–Crippen LogP) is 13.6. The van der Waals surface area contributed by atoms with Gasteiger partial charge in [0.15, 0.2) is 17.5 Å². The van der Waals surface area contributed by atoms with Gasteiger partial charge in [-0.2, -0.15) is 0 Å². The standard InChI is InChI=1S/C51H34N4O/c1-5-15-35(16-6-1)36-25-28-41(29-26-36)55(40-21-11-4-12-22-40)42-30-32-47-46(34-42)44-31-27-39(33-48(44)56-47)43-23-13-14-24-45(43)51-53-49(37-17-7-2-8-18-37)52-50(54-51)38-19-9-3-10-20-38/h1-34H. The number of hydrogen-bond donors (Lipinski definition) is 0. The summed E-state index contributed by atoms with van der Waals surface area (Å²) in [5.41, 5.74) is 12.0. The molecule has 264 valence electrons. The van der Waals surface area contributed by atoms with Gasteiger partial charge in [-0.05, 0) is 76.9 Å². The third-order valence-corrected chi connectivity index (χ3v) is 10.1. The highest BCUT2D eigenvalue weighted by molar-refractivity contribution is 6.08. The number of aromatic nitrogens is 3. The highest BCUT2D eigenvalue weighted by Crippen LogP contribution is 2.41. The van der Waals surface area contributed by atoms with Crippen molar-refractivity contribution in [3.05, 3.63) is 206 Å². The van der Waals surface area contributed by atoms with Crippen LogP contribution < -0.4 is 4.90 Å². The Labute approximate surface area is 324 Å². The molecule has 0 atom stereocenters. The van der Waals surface area contributed by atoms with Gasteiger partial charge in [-0.1, -0.05) is 152 Å². The lowest BCUT2D eigenvalue weighted by Gasteiger charge is -2.25. The van der Waals surface area contributed by atoms with Gasteiger partial charge in [-0.3, -0.25) is 0 Å². The molecule has 10 aromatic rings. The summed E-state index contributed by atoms with van der Waals surface area (Å²) in [5, 5.41) is 2.10. The summed E-state index contributed by atoms with van der Waals surface area (Å²) in [6, 6.07) is 71.0. The van der Waals surface area contributed by atoms with Crippen molar-refractivity contribution in [3.63, 3.8) is 0 Å². The maximum Gasteiger partial charge on any atom is 0.164 e. The lowest BCUT2D eigenvalue weighted by Crippen LogP contribution is -2.09. The first-order chi connectivity index (χ1) is 27.7. The first-order valence-electron chi connectivity index (χ1n) is 18.7. The van der Waals surface area contributed by atoms with Gasteiger partial charge in [0.1, 0.15) is 11.2 Å². The third-order valence-electron chi connectivity index (χ3n) is 10.1. The van der Waals surface area contributed by atoms with Crippen LogP contribution in [0.4, 0.5) is 17.1 Å². The summed E-state index contributed by atoms with van der Waals surface area (Å²) in [7, 11) is 0. The molecule has 0 bridgehead atoms. The maximum atomic E-state index is 6.57. The summed E-state index contributed by atoms with van der Waals surface area (Å²) in [6.45, 7) is 0. The van der Waals surface area contributed by atoms with Gasteiger partial charge in [0, 0.05) is 44.5 Å². The summed E-state index contributed by atoms with van der Waals surface area (Å²) < 4.78 is 6.57. The zero-order chi connectivity index (χ0) is 37.3. The van der Waals surface area contributed by atoms with Crippen LogP contribution in [0.25, 0.3) is 78.4 Å². The molecule has 10 rings (SSSR count). The topological polar surface area (TPSA) is 55.1 Å². The second-order valence-electron chi connectivity index (χ2n) is 13.7. The second kappa shape index (κ2) is 14.3. The van der Waals surface area contributed by atoms with E-state index >= 15 is 0 Å². The van der Waals surface area contributed by atoms with Crippen LogP contribution in [0.15, 0.2) is 211 Å². The Morgan fingerprint density at radius 2 is 0.786 bits per heavy atom. The van der Waals surface area contributed by atoms with Crippen molar-refractivity contribution in [2.75, 3.05) is 4.90 Å². The number of fused-ring (bicyclic) bond motifs is 3. The van der Waals surface area contributed by atoms with Crippen molar-refractivity contribution in [2.45, 2.75) is 0 Å². The SMILES string of the molecule is c1ccc(-c2ccc(N(c3ccccc3)c3ccc4oc5cc(-c6ccccc6-c6nc(-c7ccccc7)nc(-c7ccccc7)n6)ccc5c4c3)cc2)cc1. The van der Waals surface area contributed by atoms with Gasteiger partial charge in [0.25, 0.3) is 0 Å². The van der Waals surface area contributed by atoms with Crippen LogP contribution in [0.5, 0.6) is 0 Å². The molecule has 0 aliphatic heterocycles. The maximum absolute atomic E-state index is 6.57. The molecule has 0 saturated heterocycles. The first kappa shape index (κ1) is 33.0. The quantitative estimate of drug-likeness (QED) is 0.157. The summed E-state index contributed by atoms with van der Waals surface area (Å²) >= 11 is 0. The lowest BCUT2D eigenvalue weighted by atomic mass is 9.98. The molecular weight excluding hydrogens is 685 g/mol.